The van der Waals surface area contributed by atoms with Gasteiger partial charge in [-0.1, -0.05) is 49.4 Å². The molecule has 0 amide bonds. The van der Waals surface area contributed by atoms with Crippen molar-refractivity contribution in [2.75, 3.05) is 6.61 Å². The number of benzene rings is 2. The van der Waals surface area contributed by atoms with E-state index in [9.17, 15) is 4.79 Å². The quantitative estimate of drug-likeness (QED) is 0.819. The van der Waals surface area contributed by atoms with Crippen molar-refractivity contribution >= 4 is 16.7 Å². The molecule has 1 unspecified atom stereocenters. The molecule has 0 bridgehead atoms. The minimum Gasteiger partial charge on any atom is -0.465 e. The van der Waals surface area contributed by atoms with Gasteiger partial charge < -0.3 is 10.1 Å². The molecular formula is C17H21NO2. The van der Waals surface area contributed by atoms with E-state index in [2.05, 4.69) is 29.6 Å². The lowest BCUT2D eigenvalue weighted by Crippen LogP contribution is -2.37. The molecule has 0 fully saturated rings. The lowest BCUT2D eigenvalue weighted by atomic mass is 10.0. The molecule has 0 saturated heterocycles. The molecular weight excluding hydrogens is 250 g/mol. The Morgan fingerprint density at radius 2 is 1.90 bits per heavy atom. The van der Waals surface area contributed by atoms with Crippen LogP contribution in [0.2, 0.25) is 0 Å². The number of rotatable bonds is 6. The number of esters is 1. The van der Waals surface area contributed by atoms with E-state index in [1.165, 1.54) is 16.3 Å². The van der Waals surface area contributed by atoms with Crippen molar-refractivity contribution in [1.29, 1.82) is 0 Å². The molecule has 1 N–H and O–H groups in total. The smallest absolute Gasteiger partial charge is 0.323 e. The molecule has 0 saturated carbocycles. The number of hydrogen-bond acceptors (Lipinski definition) is 3. The van der Waals surface area contributed by atoms with Gasteiger partial charge in [-0.2, -0.15) is 0 Å². The van der Waals surface area contributed by atoms with Crippen LogP contribution in [0, 0.1) is 0 Å². The summed E-state index contributed by atoms with van der Waals surface area (Å²) in [6.45, 7) is 4.90. The van der Waals surface area contributed by atoms with Crippen LogP contribution in [0.3, 0.4) is 0 Å². The summed E-state index contributed by atoms with van der Waals surface area (Å²) in [7, 11) is 0. The zero-order valence-electron chi connectivity index (χ0n) is 12.1. The Labute approximate surface area is 119 Å². The highest BCUT2D eigenvalue weighted by molar-refractivity contribution is 5.85. The number of carbonyl (C=O) groups excluding carboxylic acids is 1. The van der Waals surface area contributed by atoms with Gasteiger partial charge in [0.15, 0.2) is 0 Å². The van der Waals surface area contributed by atoms with Crippen LogP contribution in [-0.2, 0) is 16.1 Å². The molecule has 106 valence electrons. The predicted molar refractivity (Wildman–Crippen MR) is 81.5 cm³/mol. The van der Waals surface area contributed by atoms with Crippen molar-refractivity contribution in [3.63, 3.8) is 0 Å². The zero-order valence-corrected chi connectivity index (χ0v) is 12.1. The molecule has 2 rings (SSSR count). The summed E-state index contributed by atoms with van der Waals surface area (Å²) in [5.74, 6) is -0.171. The summed E-state index contributed by atoms with van der Waals surface area (Å²) in [5.41, 5.74) is 1.20. The molecule has 0 aliphatic heterocycles. The number of nitrogens with one attached hydrogen (secondary N) is 1. The van der Waals surface area contributed by atoms with Crippen LogP contribution in [0.4, 0.5) is 0 Å². The topological polar surface area (TPSA) is 38.3 Å². The van der Waals surface area contributed by atoms with Gasteiger partial charge in [0.05, 0.1) is 6.61 Å². The summed E-state index contributed by atoms with van der Waals surface area (Å²) in [5, 5.41) is 5.73. The SMILES string of the molecule is CCOC(=O)C(CC)NCc1cccc2ccccc12. The van der Waals surface area contributed by atoms with Gasteiger partial charge >= 0.3 is 5.97 Å². The molecule has 1 atom stereocenters. The maximum Gasteiger partial charge on any atom is 0.323 e. The van der Waals surface area contributed by atoms with Crippen molar-refractivity contribution < 1.29 is 9.53 Å². The van der Waals surface area contributed by atoms with Crippen LogP contribution in [0.25, 0.3) is 10.8 Å². The second-order valence-electron chi connectivity index (χ2n) is 4.73. The minimum absolute atomic E-state index is 0.171. The molecule has 3 nitrogen and oxygen atoms in total. The van der Waals surface area contributed by atoms with Crippen LogP contribution in [0.5, 0.6) is 0 Å². The molecule has 2 aromatic rings. The highest BCUT2D eigenvalue weighted by Crippen LogP contribution is 2.18. The summed E-state index contributed by atoms with van der Waals surface area (Å²) in [6.07, 6.45) is 0.726. The highest BCUT2D eigenvalue weighted by atomic mass is 16.5. The third kappa shape index (κ3) is 3.36. The summed E-state index contributed by atoms with van der Waals surface area (Å²) in [6, 6.07) is 14.3. The van der Waals surface area contributed by atoms with E-state index in [-0.39, 0.29) is 12.0 Å². The Kier molecular flexibility index (Phi) is 5.13. The highest BCUT2D eigenvalue weighted by Gasteiger charge is 2.16. The van der Waals surface area contributed by atoms with Crippen LogP contribution in [-0.4, -0.2) is 18.6 Å². The van der Waals surface area contributed by atoms with E-state index in [4.69, 9.17) is 4.74 Å². The zero-order chi connectivity index (χ0) is 14.4. The van der Waals surface area contributed by atoms with E-state index in [1.807, 2.05) is 32.0 Å². The van der Waals surface area contributed by atoms with Gasteiger partial charge in [0.25, 0.3) is 0 Å². The largest absolute Gasteiger partial charge is 0.465 e. The first-order valence-electron chi connectivity index (χ1n) is 7.13. The molecule has 0 aromatic heterocycles. The number of carbonyl (C=O) groups is 1. The van der Waals surface area contributed by atoms with Gasteiger partial charge in [0.1, 0.15) is 6.04 Å². The van der Waals surface area contributed by atoms with Gasteiger partial charge in [0.2, 0.25) is 0 Å². The van der Waals surface area contributed by atoms with E-state index in [1.54, 1.807) is 0 Å². The first kappa shape index (κ1) is 14.5. The van der Waals surface area contributed by atoms with Gasteiger partial charge in [-0.05, 0) is 29.7 Å². The molecule has 2 aromatic carbocycles. The van der Waals surface area contributed by atoms with Crippen LogP contribution in [0.1, 0.15) is 25.8 Å². The Morgan fingerprint density at radius 1 is 1.15 bits per heavy atom. The molecule has 0 aliphatic rings. The maximum absolute atomic E-state index is 11.8. The summed E-state index contributed by atoms with van der Waals surface area (Å²) in [4.78, 5) is 11.8. The van der Waals surface area contributed by atoms with Gasteiger partial charge in [0, 0.05) is 6.54 Å². The first-order valence-corrected chi connectivity index (χ1v) is 7.13. The van der Waals surface area contributed by atoms with Crippen molar-refractivity contribution in [3.05, 3.63) is 48.0 Å². The lowest BCUT2D eigenvalue weighted by molar-refractivity contribution is -0.145. The van der Waals surface area contributed by atoms with E-state index in [0.29, 0.717) is 13.2 Å². The predicted octanol–water partition coefficient (Wildman–Crippen LogP) is 3.27. The molecule has 3 heteroatoms. The third-order valence-electron chi connectivity index (χ3n) is 3.40. The molecule has 0 heterocycles. The number of hydrogen-bond donors (Lipinski definition) is 1. The standard InChI is InChI=1S/C17H21NO2/c1-3-16(17(19)20-4-2)18-12-14-10-7-9-13-8-5-6-11-15(13)14/h5-11,16,18H,3-4,12H2,1-2H3. The summed E-state index contributed by atoms with van der Waals surface area (Å²) >= 11 is 0. The fourth-order valence-electron chi connectivity index (χ4n) is 2.32. The van der Waals surface area contributed by atoms with Crippen LogP contribution in [0.15, 0.2) is 42.5 Å². The minimum atomic E-state index is -0.242. The fourth-order valence-corrected chi connectivity index (χ4v) is 2.32. The molecule has 0 radical (unpaired) electrons. The van der Waals surface area contributed by atoms with Crippen molar-refractivity contribution in [3.8, 4) is 0 Å². The lowest BCUT2D eigenvalue weighted by Gasteiger charge is -2.16. The van der Waals surface area contributed by atoms with E-state index >= 15 is 0 Å². The Balaban J connectivity index is 2.10. The van der Waals surface area contributed by atoms with Crippen LogP contribution >= 0.6 is 0 Å². The monoisotopic (exact) mass is 271 g/mol. The third-order valence-corrected chi connectivity index (χ3v) is 3.40. The maximum atomic E-state index is 11.8. The Bertz CT molecular complexity index is 575. The average molecular weight is 271 g/mol. The van der Waals surface area contributed by atoms with Crippen LogP contribution < -0.4 is 5.32 Å². The van der Waals surface area contributed by atoms with E-state index < -0.39 is 0 Å². The first-order chi connectivity index (χ1) is 9.76. The summed E-state index contributed by atoms with van der Waals surface area (Å²) < 4.78 is 5.07. The van der Waals surface area contributed by atoms with Crippen molar-refractivity contribution in [1.82, 2.24) is 5.32 Å². The number of fused-ring (bicyclic) bond motifs is 1. The molecule has 20 heavy (non-hydrogen) atoms. The fraction of sp³-hybridized carbons (Fsp3) is 0.353. The van der Waals surface area contributed by atoms with Crippen molar-refractivity contribution in [2.45, 2.75) is 32.9 Å². The van der Waals surface area contributed by atoms with Crippen molar-refractivity contribution in [2.24, 2.45) is 0 Å². The Hall–Kier alpha value is -1.87. The Morgan fingerprint density at radius 3 is 2.65 bits per heavy atom. The molecule has 0 spiro atoms. The normalized spacial score (nSPS) is 12.3. The molecule has 0 aliphatic carbocycles. The number of ether oxygens (including phenoxy) is 1. The van der Waals surface area contributed by atoms with E-state index in [0.717, 1.165) is 6.42 Å². The van der Waals surface area contributed by atoms with Gasteiger partial charge in [-0.15, -0.1) is 0 Å². The van der Waals surface area contributed by atoms with Gasteiger partial charge in [-0.3, -0.25) is 4.79 Å². The van der Waals surface area contributed by atoms with Gasteiger partial charge in [-0.25, -0.2) is 0 Å². The second-order valence-corrected chi connectivity index (χ2v) is 4.73. The average Bonchev–Trinajstić information content (AvgIpc) is 2.48. The second kappa shape index (κ2) is 7.06.